The third-order valence-corrected chi connectivity index (χ3v) is 5.93. The second-order valence-corrected chi connectivity index (χ2v) is 8.36. The Morgan fingerprint density at radius 3 is 2.41 bits per heavy atom. The topological polar surface area (TPSA) is 41.1 Å². The van der Waals surface area contributed by atoms with Gasteiger partial charge in [0, 0.05) is 10.3 Å². The van der Waals surface area contributed by atoms with Gasteiger partial charge in [0.25, 0.3) is 5.91 Å². The Morgan fingerprint density at radius 2 is 1.70 bits per heavy atom. The SMILES string of the molecule is O=C(NNSC1CCCCC1)c1cc(-c2cc(F)cc(Cl)c2)cc(Cl)c1F. The highest BCUT2D eigenvalue weighted by Gasteiger charge is 2.19. The molecule has 1 saturated carbocycles. The van der Waals surface area contributed by atoms with Gasteiger partial charge in [-0.1, -0.05) is 54.4 Å². The van der Waals surface area contributed by atoms with Crippen LogP contribution in [0.5, 0.6) is 0 Å². The van der Waals surface area contributed by atoms with Gasteiger partial charge in [-0.25, -0.2) is 8.78 Å². The molecule has 1 amide bonds. The molecule has 0 spiro atoms. The molecule has 0 atom stereocenters. The summed E-state index contributed by atoms with van der Waals surface area (Å²) in [6, 6.07) is 6.59. The van der Waals surface area contributed by atoms with Gasteiger partial charge in [-0.05, 0) is 54.3 Å². The molecule has 0 bridgehead atoms. The molecule has 0 aliphatic heterocycles. The molecule has 0 aromatic heterocycles. The van der Waals surface area contributed by atoms with Gasteiger partial charge in [-0.15, -0.1) is 0 Å². The van der Waals surface area contributed by atoms with E-state index in [1.807, 2.05) is 0 Å². The lowest BCUT2D eigenvalue weighted by molar-refractivity contribution is 0.0943. The number of hydrazine groups is 1. The Bertz CT molecular complexity index is 824. The highest BCUT2D eigenvalue weighted by atomic mass is 35.5. The van der Waals surface area contributed by atoms with Crippen LogP contribution >= 0.6 is 35.1 Å². The second-order valence-electron chi connectivity index (χ2n) is 6.41. The van der Waals surface area contributed by atoms with Gasteiger partial charge >= 0.3 is 0 Å². The summed E-state index contributed by atoms with van der Waals surface area (Å²) in [6.07, 6.45) is 5.77. The molecule has 2 aromatic carbocycles. The van der Waals surface area contributed by atoms with Crippen LogP contribution < -0.4 is 10.3 Å². The Balaban J connectivity index is 1.75. The van der Waals surface area contributed by atoms with Crippen molar-refractivity contribution in [3.05, 3.63) is 57.6 Å². The fourth-order valence-corrected chi connectivity index (χ4v) is 4.38. The van der Waals surface area contributed by atoms with Gasteiger partial charge in [-0.3, -0.25) is 10.2 Å². The third-order valence-electron chi connectivity index (χ3n) is 4.41. The van der Waals surface area contributed by atoms with Crippen molar-refractivity contribution in [1.82, 2.24) is 10.3 Å². The van der Waals surface area contributed by atoms with E-state index < -0.39 is 17.5 Å². The van der Waals surface area contributed by atoms with Gasteiger partial charge in [0.05, 0.1) is 10.6 Å². The molecule has 144 valence electrons. The molecule has 3 nitrogen and oxygen atoms in total. The Morgan fingerprint density at radius 1 is 1.00 bits per heavy atom. The van der Waals surface area contributed by atoms with E-state index in [0.717, 1.165) is 18.9 Å². The van der Waals surface area contributed by atoms with Crippen LogP contribution in [0.2, 0.25) is 10.0 Å². The normalized spacial score (nSPS) is 15.0. The van der Waals surface area contributed by atoms with Gasteiger partial charge in [0.15, 0.2) is 5.82 Å². The predicted octanol–water partition coefficient (Wildman–Crippen LogP) is 6.15. The first-order chi connectivity index (χ1) is 12.9. The molecule has 27 heavy (non-hydrogen) atoms. The van der Waals surface area contributed by atoms with Crippen LogP contribution in [0.25, 0.3) is 11.1 Å². The summed E-state index contributed by atoms with van der Waals surface area (Å²) in [5.74, 6) is -2.01. The van der Waals surface area contributed by atoms with Crippen molar-refractivity contribution in [2.75, 3.05) is 0 Å². The first kappa shape index (κ1) is 20.4. The highest BCUT2D eigenvalue weighted by Crippen LogP contribution is 2.30. The zero-order valence-corrected chi connectivity index (χ0v) is 16.7. The average molecular weight is 431 g/mol. The fourth-order valence-electron chi connectivity index (χ4n) is 3.05. The van der Waals surface area contributed by atoms with Crippen molar-refractivity contribution in [3.63, 3.8) is 0 Å². The van der Waals surface area contributed by atoms with Crippen molar-refractivity contribution in [3.8, 4) is 11.1 Å². The van der Waals surface area contributed by atoms with Crippen LogP contribution in [-0.4, -0.2) is 11.2 Å². The number of hydrogen-bond donors (Lipinski definition) is 2. The highest BCUT2D eigenvalue weighted by molar-refractivity contribution is 7.98. The lowest BCUT2D eigenvalue weighted by atomic mass is 10.0. The third kappa shape index (κ3) is 5.35. The predicted molar refractivity (Wildman–Crippen MR) is 107 cm³/mol. The van der Waals surface area contributed by atoms with E-state index >= 15 is 0 Å². The molecule has 3 rings (SSSR count). The largest absolute Gasteiger partial charge is 0.277 e. The van der Waals surface area contributed by atoms with Crippen molar-refractivity contribution in [1.29, 1.82) is 0 Å². The maximum absolute atomic E-state index is 14.4. The lowest BCUT2D eigenvalue weighted by Gasteiger charge is -2.21. The minimum absolute atomic E-state index is 0.196. The first-order valence-electron chi connectivity index (χ1n) is 8.60. The van der Waals surface area contributed by atoms with Crippen molar-refractivity contribution < 1.29 is 13.6 Å². The van der Waals surface area contributed by atoms with Gasteiger partial charge in [0.1, 0.15) is 5.82 Å². The molecule has 1 fully saturated rings. The summed E-state index contributed by atoms with van der Waals surface area (Å²) in [5.41, 5.74) is 3.06. The van der Waals surface area contributed by atoms with Crippen LogP contribution in [-0.2, 0) is 0 Å². The van der Waals surface area contributed by atoms with Gasteiger partial charge in [-0.2, -0.15) is 4.83 Å². The summed E-state index contributed by atoms with van der Waals surface area (Å²) >= 11 is 13.2. The van der Waals surface area contributed by atoms with Crippen molar-refractivity contribution in [2.45, 2.75) is 37.4 Å². The molecule has 0 radical (unpaired) electrons. The smallest absolute Gasteiger partial charge is 0.269 e. The van der Waals surface area contributed by atoms with Crippen LogP contribution in [0.1, 0.15) is 42.5 Å². The van der Waals surface area contributed by atoms with E-state index in [9.17, 15) is 13.6 Å². The molecule has 2 N–H and O–H groups in total. The van der Waals surface area contributed by atoms with Crippen molar-refractivity contribution >= 4 is 41.1 Å². The maximum atomic E-state index is 14.4. The molecule has 8 heteroatoms. The quantitative estimate of drug-likeness (QED) is 0.441. The summed E-state index contributed by atoms with van der Waals surface area (Å²) in [7, 11) is 0. The van der Waals surface area contributed by atoms with Crippen LogP contribution in [0.3, 0.4) is 0 Å². The fraction of sp³-hybridized carbons (Fsp3) is 0.316. The zero-order valence-electron chi connectivity index (χ0n) is 14.3. The first-order valence-corrected chi connectivity index (χ1v) is 10.2. The Labute approximate surface area is 170 Å². The second kappa shape index (κ2) is 9.24. The number of hydrogen-bond acceptors (Lipinski definition) is 3. The average Bonchev–Trinajstić information content (AvgIpc) is 2.63. The molecular weight excluding hydrogens is 413 g/mol. The number of rotatable bonds is 5. The molecule has 0 heterocycles. The number of carbonyl (C=O) groups excluding carboxylic acids is 1. The number of carbonyl (C=O) groups is 1. The van der Waals surface area contributed by atoms with E-state index in [1.54, 1.807) is 0 Å². The van der Waals surface area contributed by atoms with Crippen molar-refractivity contribution in [2.24, 2.45) is 0 Å². The Kier molecular flexibility index (Phi) is 6.98. The van der Waals surface area contributed by atoms with Gasteiger partial charge < -0.3 is 0 Å². The maximum Gasteiger partial charge on any atom is 0.269 e. The summed E-state index contributed by atoms with van der Waals surface area (Å²) in [6.45, 7) is 0. The molecule has 0 saturated heterocycles. The van der Waals surface area contributed by atoms with Crippen LogP contribution in [0.4, 0.5) is 8.78 Å². The van der Waals surface area contributed by atoms with E-state index in [4.69, 9.17) is 23.2 Å². The summed E-state index contributed by atoms with van der Waals surface area (Å²) in [5, 5.41) is 0.396. The number of amides is 1. The van der Waals surface area contributed by atoms with Crippen LogP contribution in [0.15, 0.2) is 30.3 Å². The minimum Gasteiger partial charge on any atom is -0.277 e. The number of halogens is 4. The molecular formula is C19H18Cl2F2N2OS. The summed E-state index contributed by atoms with van der Waals surface area (Å²) in [4.78, 5) is 15.2. The number of benzene rings is 2. The van der Waals surface area contributed by atoms with Crippen LogP contribution in [0, 0.1) is 11.6 Å². The Hall–Kier alpha value is -1.34. The summed E-state index contributed by atoms with van der Waals surface area (Å²) < 4.78 is 28.0. The van der Waals surface area contributed by atoms with E-state index in [1.165, 1.54) is 55.5 Å². The lowest BCUT2D eigenvalue weighted by Crippen LogP contribution is -2.35. The molecule has 1 aliphatic carbocycles. The van der Waals surface area contributed by atoms with E-state index in [0.29, 0.717) is 16.4 Å². The van der Waals surface area contributed by atoms with Gasteiger partial charge in [0.2, 0.25) is 0 Å². The molecule has 0 unspecified atom stereocenters. The minimum atomic E-state index is -0.829. The molecule has 1 aliphatic rings. The monoisotopic (exact) mass is 430 g/mol. The zero-order chi connectivity index (χ0) is 19.4. The standard InChI is InChI=1S/C19H18Cl2F2N2OS/c20-13-6-11(7-14(22)10-13)12-8-16(18(23)17(21)9-12)19(26)24-25-27-15-4-2-1-3-5-15/h6-10,15,25H,1-5H2,(H,24,26). The van der Waals surface area contributed by atoms with E-state index in [2.05, 4.69) is 10.3 Å². The van der Waals surface area contributed by atoms with E-state index in [-0.39, 0.29) is 15.6 Å². The number of nitrogens with one attached hydrogen (secondary N) is 2. The molecule has 2 aromatic rings.